The molecule has 130 valence electrons. The SMILES string of the molecule is CC.CC.CC1COCCN1C.CCN1CCN(C)CC1. The summed E-state index contributed by atoms with van der Waals surface area (Å²) in [4.78, 5) is 7.18. The number of rotatable bonds is 1. The highest BCUT2D eigenvalue weighted by Crippen LogP contribution is 2.00. The summed E-state index contributed by atoms with van der Waals surface area (Å²) >= 11 is 0. The van der Waals surface area contributed by atoms with E-state index in [1.54, 1.807) is 0 Å². The van der Waals surface area contributed by atoms with Crippen molar-refractivity contribution in [2.45, 2.75) is 47.6 Å². The van der Waals surface area contributed by atoms with Gasteiger partial charge in [-0.2, -0.15) is 0 Å². The molecule has 4 heteroatoms. The summed E-state index contributed by atoms with van der Waals surface area (Å²) in [6.07, 6.45) is 0. The molecule has 21 heavy (non-hydrogen) atoms. The molecule has 4 nitrogen and oxygen atoms in total. The van der Waals surface area contributed by atoms with Crippen LogP contribution in [0.1, 0.15) is 41.5 Å². The summed E-state index contributed by atoms with van der Waals surface area (Å²) in [5.41, 5.74) is 0. The highest BCUT2D eigenvalue weighted by atomic mass is 16.5. The van der Waals surface area contributed by atoms with Crippen LogP contribution in [0, 0.1) is 0 Å². The van der Waals surface area contributed by atoms with E-state index in [1.807, 2.05) is 27.7 Å². The normalized spacial score (nSPS) is 23.7. The van der Waals surface area contributed by atoms with E-state index >= 15 is 0 Å². The first kappa shape index (κ1) is 23.1. The van der Waals surface area contributed by atoms with Crippen LogP contribution in [0.2, 0.25) is 0 Å². The lowest BCUT2D eigenvalue weighted by molar-refractivity contribution is 0.0131. The Morgan fingerprint density at radius 3 is 1.76 bits per heavy atom. The summed E-state index contributed by atoms with van der Waals surface area (Å²) in [7, 11) is 4.32. The Hall–Kier alpha value is -0.160. The molecule has 0 aromatic carbocycles. The van der Waals surface area contributed by atoms with Gasteiger partial charge in [0.1, 0.15) is 0 Å². The Bertz CT molecular complexity index is 184. The van der Waals surface area contributed by atoms with E-state index in [9.17, 15) is 0 Å². The van der Waals surface area contributed by atoms with Gasteiger partial charge in [0, 0.05) is 38.8 Å². The van der Waals surface area contributed by atoms with E-state index in [2.05, 4.69) is 42.6 Å². The van der Waals surface area contributed by atoms with Gasteiger partial charge in [-0.05, 0) is 27.6 Å². The van der Waals surface area contributed by atoms with Crippen molar-refractivity contribution in [2.75, 3.05) is 66.6 Å². The lowest BCUT2D eigenvalue weighted by Crippen LogP contribution is -2.44. The average Bonchev–Trinajstić information content (AvgIpc) is 2.55. The molecule has 0 bridgehead atoms. The van der Waals surface area contributed by atoms with Crippen molar-refractivity contribution in [3.05, 3.63) is 0 Å². The maximum atomic E-state index is 5.21. The first-order valence-corrected chi connectivity index (χ1v) is 8.82. The molecule has 2 aliphatic rings. The number of morpholine rings is 1. The van der Waals surface area contributed by atoms with Crippen molar-refractivity contribution in [1.82, 2.24) is 14.7 Å². The molecule has 0 amide bonds. The summed E-state index contributed by atoms with van der Waals surface area (Å²) in [6.45, 7) is 21.5. The second-order valence-corrected chi connectivity index (χ2v) is 5.14. The largest absolute Gasteiger partial charge is 0.379 e. The Morgan fingerprint density at radius 2 is 1.43 bits per heavy atom. The van der Waals surface area contributed by atoms with E-state index in [1.165, 1.54) is 32.7 Å². The predicted octanol–water partition coefficient (Wildman–Crippen LogP) is 2.64. The topological polar surface area (TPSA) is 19.0 Å². The van der Waals surface area contributed by atoms with Crippen LogP contribution in [0.15, 0.2) is 0 Å². The van der Waals surface area contributed by atoms with E-state index < -0.39 is 0 Å². The molecular formula is C17H41N3O. The number of nitrogens with zero attached hydrogens (tertiary/aromatic N) is 3. The molecule has 0 N–H and O–H groups in total. The van der Waals surface area contributed by atoms with Crippen molar-refractivity contribution in [2.24, 2.45) is 0 Å². The highest BCUT2D eigenvalue weighted by molar-refractivity contribution is 4.67. The maximum absolute atomic E-state index is 5.21. The fourth-order valence-corrected chi connectivity index (χ4v) is 1.97. The predicted molar refractivity (Wildman–Crippen MR) is 95.2 cm³/mol. The molecule has 0 saturated carbocycles. The monoisotopic (exact) mass is 303 g/mol. The van der Waals surface area contributed by atoms with Gasteiger partial charge < -0.3 is 14.5 Å². The van der Waals surface area contributed by atoms with Gasteiger partial charge in [0.2, 0.25) is 0 Å². The van der Waals surface area contributed by atoms with E-state index in [0.29, 0.717) is 6.04 Å². The van der Waals surface area contributed by atoms with Gasteiger partial charge in [-0.25, -0.2) is 0 Å². The van der Waals surface area contributed by atoms with Gasteiger partial charge in [-0.1, -0.05) is 34.6 Å². The number of hydrogen-bond donors (Lipinski definition) is 0. The molecule has 2 aliphatic heterocycles. The first-order valence-electron chi connectivity index (χ1n) is 8.82. The van der Waals surface area contributed by atoms with Crippen LogP contribution in [0.3, 0.4) is 0 Å². The Kier molecular flexibility index (Phi) is 17.8. The second kappa shape index (κ2) is 16.2. The van der Waals surface area contributed by atoms with E-state index in [-0.39, 0.29) is 0 Å². The zero-order valence-electron chi connectivity index (χ0n) is 16.0. The molecule has 2 saturated heterocycles. The van der Waals surface area contributed by atoms with Crippen molar-refractivity contribution in [3.63, 3.8) is 0 Å². The van der Waals surface area contributed by atoms with Crippen molar-refractivity contribution in [1.29, 1.82) is 0 Å². The third kappa shape index (κ3) is 12.1. The smallest absolute Gasteiger partial charge is 0.0619 e. The van der Waals surface area contributed by atoms with Gasteiger partial charge in [0.05, 0.1) is 13.2 Å². The molecular weight excluding hydrogens is 262 g/mol. The fourth-order valence-electron chi connectivity index (χ4n) is 1.97. The molecule has 0 aromatic rings. The molecule has 0 aromatic heterocycles. The zero-order chi connectivity index (χ0) is 16.7. The van der Waals surface area contributed by atoms with Crippen LogP contribution in [0.25, 0.3) is 0 Å². The zero-order valence-corrected chi connectivity index (χ0v) is 16.0. The van der Waals surface area contributed by atoms with E-state index in [4.69, 9.17) is 4.74 Å². The molecule has 0 aliphatic carbocycles. The summed E-state index contributed by atoms with van der Waals surface area (Å²) < 4.78 is 5.21. The Balaban J connectivity index is 0. The van der Waals surface area contributed by atoms with Crippen LogP contribution in [-0.4, -0.2) is 87.3 Å². The van der Waals surface area contributed by atoms with Gasteiger partial charge >= 0.3 is 0 Å². The van der Waals surface area contributed by atoms with Crippen molar-refractivity contribution < 1.29 is 4.74 Å². The third-order valence-electron chi connectivity index (χ3n) is 3.74. The van der Waals surface area contributed by atoms with Crippen LogP contribution >= 0.6 is 0 Å². The van der Waals surface area contributed by atoms with Gasteiger partial charge in [0.15, 0.2) is 0 Å². The second-order valence-electron chi connectivity index (χ2n) is 5.14. The average molecular weight is 304 g/mol. The van der Waals surface area contributed by atoms with Gasteiger partial charge in [0.25, 0.3) is 0 Å². The number of likely N-dealkylation sites (N-methyl/N-ethyl adjacent to an activating group) is 3. The van der Waals surface area contributed by atoms with Crippen molar-refractivity contribution >= 4 is 0 Å². The maximum Gasteiger partial charge on any atom is 0.0619 e. The Morgan fingerprint density at radius 1 is 0.905 bits per heavy atom. The van der Waals surface area contributed by atoms with Crippen LogP contribution in [0.4, 0.5) is 0 Å². The van der Waals surface area contributed by atoms with Crippen LogP contribution in [-0.2, 0) is 4.74 Å². The molecule has 0 radical (unpaired) electrons. The van der Waals surface area contributed by atoms with E-state index in [0.717, 1.165) is 19.8 Å². The molecule has 1 atom stereocenters. The third-order valence-corrected chi connectivity index (χ3v) is 3.74. The fraction of sp³-hybridized carbons (Fsp3) is 1.00. The van der Waals surface area contributed by atoms with Crippen LogP contribution < -0.4 is 0 Å². The first-order chi connectivity index (χ1) is 10.1. The van der Waals surface area contributed by atoms with Crippen LogP contribution in [0.5, 0.6) is 0 Å². The number of piperazine rings is 1. The summed E-state index contributed by atoms with van der Waals surface area (Å²) in [5, 5.41) is 0. The minimum Gasteiger partial charge on any atom is -0.379 e. The quantitative estimate of drug-likeness (QED) is 0.741. The number of hydrogen-bond acceptors (Lipinski definition) is 4. The minimum atomic E-state index is 0.615. The molecule has 2 heterocycles. The lowest BCUT2D eigenvalue weighted by atomic mass is 10.3. The van der Waals surface area contributed by atoms with Crippen molar-refractivity contribution in [3.8, 4) is 0 Å². The molecule has 0 spiro atoms. The Labute approximate surface area is 134 Å². The summed E-state index contributed by atoms with van der Waals surface area (Å²) in [6, 6.07) is 0.615. The highest BCUT2D eigenvalue weighted by Gasteiger charge is 2.13. The lowest BCUT2D eigenvalue weighted by Gasteiger charge is -2.31. The number of ether oxygens (including phenoxy) is 1. The molecule has 2 fully saturated rings. The molecule has 2 rings (SSSR count). The van der Waals surface area contributed by atoms with Gasteiger partial charge in [-0.3, -0.25) is 4.90 Å². The molecule has 1 unspecified atom stereocenters. The minimum absolute atomic E-state index is 0.615. The van der Waals surface area contributed by atoms with Gasteiger partial charge in [-0.15, -0.1) is 0 Å². The summed E-state index contributed by atoms with van der Waals surface area (Å²) in [5.74, 6) is 0. The standard InChI is InChI=1S/C7H16N2.C6H13NO.2C2H6/c1-3-9-6-4-8(2)5-7-9;1-6-5-8-4-3-7(6)2;2*1-2/h3-7H2,1-2H3;6H,3-5H2,1-2H3;2*1-2H3.